The second kappa shape index (κ2) is 11.4. The molecule has 2 amide bonds. The zero-order valence-corrected chi connectivity index (χ0v) is 14.0. The van der Waals surface area contributed by atoms with Crippen molar-refractivity contribution in [3.63, 3.8) is 0 Å². The summed E-state index contributed by atoms with van der Waals surface area (Å²) in [7, 11) is 0. The van der Waals surface area contributed by atoms with Gasteiger partial charge in [-0.3, -0.25) is 14.5 Å². The minimum absolute atomic E-state index is 0.463. The van der Waals surface area contributed by atoms with Gasteiger partial charge in [0.2, 0.25) is 0 Å². The lowest BCUT2D eigenvalue weighted by molar-refractivity contribution is -0.139. The largest absolute Gasteiger partial charge is 0.379 e. The molecule has 0 aliphatic carbocycles. The summed E-state index contributed by atoms with van der Waals surface area (Å²) in [6, 6.07) is 0. The second-order valence-electron chi connectivity index (χ2n) is 5.84. The molecule has 0 aromatic carbocycles. The monoisotopic (exact) mass is 313 g/mol. The lowest BCUT2D eigenvalue weighted by Gasteiger charge is -2.26. The van der Waals surface area contributed by atoms with E-state index < -0.39 is 11.8 Å². The number of carbonyl (C=O) groups excluding carboxylic acids is 2. The molecule has 6 heteroatoms. The first kappa shape index (κ1) is 18.9. The number of amides is 2. The molecule has 0 unspecified atom stereocenters. The van der Waals surface area contributed by atoms with Gasteiger partial charge in [0.05, 0.1) is 13.2 Å². The zero-order valence-electron chi connectivity index (χ0n) is 14.0. The maximum atomic E-state index is 11.8. The first-order valence-electron chi connectivity index (χ1n) is 8.53. The van der Waals surface area contributed by atoms with E-state index in [0.29, 0.717) is 19.0 Å². The summed E-state index contributed by atoms with van der Waals surface area (Å²) < 4.78 is 5.27. The van der Waals surface area contributed by atoms with Crippen molar-refractivity contribution < 1.29 is 14.3 Å². The van der Waals surface area contributed by atoms with Crippen LogP contribution in [0.4, 0.5) is 0 Å². The highest BCUT2D eigenvalue weighted by Crippen LogP contribution is 2.10. The lowest BCUT2D eigenvalue weighted by atomic mass is 9.99. The molecule has 0 radical (unpaired) electrons. The van der Waals surface area contributed by atoms with Crippen molar-refractivity contribution in [2.24, 2.45) is 5.92 Å². The van der Waals surface area contributed by atoms with Gasteiger partial charge in [-0.05, 0) is 12.3 Å². The molecule has 0 spiro atoms. The van der Waals surface area contributed by atoms with Crippen LogP contribution < -0.4 is 10.6 Å². The van der Waals surface area contributed by atoms with Gasteiger partial charge in [-0.25, -0.2) is 0 Å². The number of carbonyl (C=O) groups is 2. The number of hydrogen-bond acceptors (Lipinski definition) is 4. The van der Waals surface area contributed by atoms with Gasteiger partial charge >= 0.3 is 11.8 Å². The molecule has 22 heavy (non-hydrogen) atoms. The number of rotatable bonds is 9. The minimum Gasteiger partial charge on any atom is -0.379 e. The van der Waals surface area contributed by atoms with Crippen molar-refractivity contribution in [1.29, 1.82) is 0 Å². The van der Waals surface area contributed by atoms with Gasteiger partial charge in [0.25, 0.3) is 0 Å². The number of ether oxygens (including phenoxy) is 1. The van der Waals surface area contributed by atoms with Crippen molar-refractivity contribution in [3.8, 4) is 0 Å². The van der Waals surface area contributed by atoms with Crippen LogP contribution in [0.1, 0.15) is 39.5 Å². The molecule has 0 bridgehead atoms. The Morgan fingerprint density at radius 1 is 1.14 bits per heavy atom. The summed E-state index contributed by atoms with van der Waals surface area (Å²) in [5, 5.41) is 5.43. The number of hydrogen-bond donors (Lipinski definition) is 2. The van der Waals surface area contributed by atoms with E-state index >= 15 is 0 Å². The van der Waals surface area contributed by atoms with Crippen molar-refractivity contribution >= 4 is 11.8 Å². The standard InChI is InChI=1S/C16H31N3O3/c1-3-5-6-14(4-2)13-18-16(21)15(20)17-7-8-19-9-11-22-12-10-19/h14H,3-13H2,1-2H3,(H,17,20)(H,18,21)/t14-/m0/s1. The van der Waals surface area contributed by atoms with Crippen molar-refractivity contribution in [2.75, 3.05) is 45.9 Å². The molecule has 1 atom stereocenters. The maximum Gasteiger partial charge on any atom is 0.309 e. The normalized spacial score (nSPS) is 17.0. The summed E-state index contributed by atoms with van der Waals surface area (Å²) in [6.45, 7) is 9.38. The van der Waals surface area contributed by atoms with E-state index in [9.17, 15) is 9.59 Å². The number of nitrogens with zero attached hydrogens (tertiary/aromatic N) is 1. The van der Waals surface area contributed by atoms with Gasteiger partial charge in [-0.1, -0.05) is 33.1 Å². The fourth-order valence-electron chi connectivity index (χ4n) is 2.49. The summed E-state index contributed by atoms with van der Waals surface area (Å²) >= 11 is 0. The van der Waals surface area contributed by atoms with Crippen LogP contribution in [0.2, 0.25) is 0 Å². The Bertz CT molecular complexity index is 331. The van der Waals surface area contributed by atoms with Crippen molar-refractivity contribution in [1.82, 2.24) is 15.5 Å². The van der Waals surface area contributed by atoms with Crippen LogP contribution in [-0.2, 0) is 14.3 Å². The van der Waals surface area contributed by atoms with Crippen LogP contribution in [0.15, 0.2) is 0 Å². The van der Waals surface area contributed by atoms with Gasteiger partial charge < -0.3 is 15.4 Å². The molecule has 0 saturated carbocycles. The second-order valence-corrected chi connectivity index (χ2v) is 5.84. The molecular weight excluding hydrogens is 282 g/mol. The fraction of sp³-hybridized carbons (Fsp3) is 0.875. The van der Waals surface area contributed by atoms with Gasteiger partial charge in [0, 0.05) is 32.7 Å². The topological polar surface area (TPSA) is 70.7 Å². The molecule has 0 aromatic rings. The summed E-state index contributed by atoms with van der Waals surface area (Å²) in [5.74, 6) is -0.583. The smallest absolute Gasteiger partial charge is 0.309 e. The Balaban J connectivity index is 2.13. The molecule has 1 fully saturated rings. The highest BCUT2D eigenvalue weighted by atomic mass is 16.5. The maximum absolute atomic E-state index is 11.8. The molecule has 1 aliphatic rings. The van der Waals surface area contributed by atoms with E-state index in [2.05, 4.69) is 29.4 Å². The number of morpholine rings is 1. The van der Waals surface area contributed by atoms with Crippen LogP contribution >= 0.6 is 0 Å². The average molecular weight is 313 g/mol. The molecular formula is C16H31N3O3. The molecule has 1 aliphatic heterocycles. The molecule has 1 heterocycles. The first-order chi connectivity index (χ1) is 10.7. The van der Waals surface area contributed by atoms with Crippen LogP contribution in [0.5, 0.6) is 0 Å². The van der Waals surface area contributed by atoms with Crippen molar-refractivity contribution in [2.45, 2.75) is 39.5 Å². The average Bonchev–Trinajstić information content (AvgIpc) is 2.55. The highest BCUT2D eigenvalue weighted by Gasteiger charge is 2.16. The SMILES string of the molecule is CCCC[C@H](CC)CNC(=O)C(=O)NCCN1CCOCC1. The lowest BCUT2D eigenvalue weighted by Crippen LogP contribution is -2.45. The molecule has 1 saturated heterocycles. The third kappa shape index (κ3) is 7.75. The van der Waals surface area contributed by atoms with E-state index in [4.69, 9.17) is 4.74 Å². The molecule has 2 N–H and O–H groups in total. The molecule has 1 rings (SSSR count). The number of nitrogens with one attached hydrogen (secondary N) is 2. The van der Waals surface area contributed by atoms with Crippen LogP contribution in [0.3, 0.4) is 0 Å². The van der Waals surface area contributed by atoms with E-state index in [-0.39, 0.29) is 0 Å². The van der Waals surface area contributed by atoms with Gasteiger partial charge in [0.15, 0.2) is 0 Å². The predicted octanol–water partition coefficient (Wildman–Crippen LogP) is 0.767. The Morgan fingerprint density at radius 2 is 1.82 bits per heavy atom. The van der Waals surface area contributed by atoms with Crippen LogP contribution in [0, 0.1) is 5.92 Å². The van der Waals surface area contributed by atoms with E-state index in [1.54, 1.807) is 0 Å². The third-order valence-electron chi connectivity index (χ3n) is 4.12. The Morgan fingerprint density at radius 3 is 2.45 bits per heavy atom. The summed E-state index contributed by atoms with van der Waals surface area (Å²) in [4.78, 5) is 25.7. The third-order valence-corrected chi connectivity index (χ3v) is 4.12. The minimum atomic E-state index is -0.529. The fourth-order valence-corrected chi connectivity index (χ4v) is 2.49. The van der Waals surface area contributed by atoms with E-state index in [1.165, 1.54) is 6.42 Å². The zero-order chi connectivity index (χ0) is 16.2. The van der Waals surface area contributed by atoms with Gasteiger partial charge in [0.1, 0.15) is 0 Å². The molecule has 128 valence electrons. The summed E-state index contributed by atoms with van der Waals surface area (Å²) in [5.41, 5.74) is 0. The predicted molar refractivity (Wildman–Crippen MR) is 86.6 cm³/mol. The molecule has 6 nitrogen and oxygen atoms in total. The van der Waals surface area contributed by atoms with Crippen LogP contribution in [-0.4, -0.2) is 62.7 Å². The van der Waals surface area contributed by atoms with E-state index in [1.807, 2.05) is 0 Å². The molecule has 0 aromatic heterocycles. The highest BCUT2D eigenvalue weighted by molar-refractivity contribution is 6.35. The van der Waals surface area contributed by atoms with Gasteiger partial charge in [-0.15, -0.1) is 0 Å². The first-order valence-corrected chi connectivity index (χ1v) is 8.53. The Kier molecular flexibility index (Phi) is 9.82. The number of unbranched alkanes of at least 4 members (excludes halogenated alkanes) is 1. The summed E-state index contributed by atoms with van der Waals surface area (Å²) in [6.07, 6.45) is 4.46. The van der Waals surface area contributed by atoms with E-state index in [0.717, 1.165) is 52.1 Å². The van der Waals surface area contributed by atoms with Crippen molar-refractivity contribution in [3.05, 3.63) is 0 Å². The Labute approximate surface area is 134 Å². The van der Waals surface area contributed by atoms with Gasteiger partial charge in [-0.2, -0.15) is 0 Å². The Hall–Kier alpha value is -1.14. The van der Waals surface area contributed by atoms with Crippen LogP contribution in [0.25, 0.3) is 0 Å². The quantitative estimate of drug-likeness (QED) is 0.617.